The SMILES string of the molecule is Cn1c(C2CCCN2CC(=O)N(CCC#N)CCC#N)nc2c1CCCC2. The Morgan fingerprint density at radius 3 is 2.56 bits per heavy atom. The van der Waals surface area contributed by atoms with Crippen molar-refractivity contribution in [2.75, 3.05) is 26.2 Å². The molecule has 0 radical (unpaired) electrons. The molecule has 1 atom stereocenters. The van der Waals surface area contributed by atoms with E-state index in [1.807, 2.05) is 0 Å². The number of nitriles is 2. The molecule has 1 aromatic heterocycles. The molecule has 0 spiro atoms. The van der Waals surface area contributed by atoms with Gasteiger partial charge >= 0.3 is 0 Å². The number of hydrogen-bond donors (Lipinski definition) is 0. The number of nitrogens with zero attached hydrogens (tertiary/aromatic N) is 6. The van der Waals surface area contributed by atoms with Crippen LogP contribution in [0.15, 0.2) is 0 Å². The molecule has 0 aromatic carbocycles. The highest BCUT2D eigenvalue weighted by Gasteiger charge is 2.33. The highest BCUT2D eigenvalue weighted by molar-refractivity contribution is 5.78. The van der Waals surface area contributed by atoms with E-state index < -0.39 is 0 Å². The Labute approximate surface area is 161 Å². The Morgan fingerprint density at radius 2 is 1.89 bits per heavy atom. The lowest BCUT2D eigenvalue weighted by atomic mass is 10.0. The fourth-order valence-corrected chi connectivity index (χ4v) is 4.32. The molecule has 1 saturated heterocycles. The lowest BCUT2D eigenvalue weighted by Crippen LogP contribution is -2.41. The second-order valence-electron chi connectivity index (χ2n) is 7.46. The summed E-state index contributed by atoms with van der Waals surface area (Å²) >= 11 is 0. The van der Waals surface area contributed by atoms with Gasteiger partial charge in [-0.1, -0.05) is 0 Å². The van der Waals surface area contributed by atoms with Gasteiger partial charge in [0.2, 0.25) is 5.91 Å². The van der Waals surface area contributed by atoms with Crippen LogP contribution in [0.3, 0.4) is 0 Å². The number of likely N-dealkylation sites (tertiary alicyclic amines) is 1. The predicted octanol–water partition coefficient (Wildman–Crippen LogP) is 2.09. The predicted molar refractivity (Wildman–Crippen MR) is 100 cm³/mol. The first-order valence-electron chi connectivity index (χ1n) is 9.95. The quantitative estimate of drug-likeness (QED) is 0.735. The molecule has 1 unspecified atom stereocenters. The summed E-state index contributed by atoms with van der Waals surface area (Å²) in [6, 6.07) is 4.36. The van der Waals surface area contributed by atoms with Gasteiger partial charge in [-0.25, -0.2) is 4.98 Å². The minimum absolute atomic E-state index is 0.00590. The van der Waals surface area contributed by atoms with Gasteiger partial charge in [-0.3, -0.25) is 9.69 Å². The van der Waals surface area contributed by atoms with E-state index in [1.165, 1.54) is 24.2 Å². The lowest BCUT2D eigenvalue weighted by Gasteiger charge is -2.27. The van der Waals surface area contributed by atoms with Gasteiger partial charge in [0.1, 0.15) is 5.82 Å². The number of rotatable bonds is 7. The number of imidazole rings is 1. The molecule has 7 nitrogen and oxygen atoms in total. The monoisotopic (exact) mass is 368 g/mol. The van der Waals surface area contributed by atoms with Crippen LogP contribution in [0.2, 0.25) is 0 Å². The van der Waals surface area contributed by atoms with Crippen LogP contribution < -0.4 is 0 Å². The molecule has 3 rings (SSSR count). The average molecular weight is 368 g/mol. The third-order valence-electron chi connectivity index (χ3n) is 5.75. The Kier molecular flexibility index (Phi) is 6.47. The van der Waals surface area contributed by atoms with E-state index in [0.29, 0.717) is 32.5 Å². The maximum absolute atomic E-state index is 12.8. The molecule has 1 fully saturated rings. The van der Waals surface area contributed by atoms with Gasteiger partial charge in [0, 0.05) is 25.8 Å². The number of carbonyl (C=O) groups excluding carboxylic acids is 1. The van der Waals surface area contributed by atoms with E-state index in [-0.39, 0.29) is 11.9 Å². The normalized spacial score (nSPS) is 19.3. The summed E-state index contributed by atoms with van der Waals surface area (Å²) in [5.74, 6) is 1.10. The first-order chi connectivity index (χ1) is 13.2. The minimum atomic E-state index is 0.00590. The molecule has 2 heterocycles. The summed E-state index contributed by atoms with van der Waals surface area (Å²) in [6.07, 6.45) is 7.28. The molecule has 7 heteroatoms. The van der Waals surface area contributed by atoms with Gasteiger partial charge in [-0.2, -0.15) is 10.5 Å². The third-order valence-corrected chi connectivity index (χ3v) is 5.75. The van der Waals surface area contributed by atoms with Gasteiger partial charge in [0.25, 0.3) is 0 Å². The van der Waals surface area contributed by atoms with Crippen molar-refractivity contribution in [2.45, 2.75) is 57.4 Å². The van der Waals surface area contributed by atoms with E-state index in [1.54, 1.807) is 4.90 Å². The second kappa shape index (κ2) is 9.01. The maximum Gasteiger partial charge on any atom is 0.236 e. The van der Waals surface area contributed by atoms with E-state index in [9.17, 15) is 4.79 Å². The van der Waals surface area contributed by atoms with Gasteiger partial charge in [0.15, 0.2) is 0 Å². The molecule has 0 N–H and O–H groups in total. The van der Waals surface area contributed by atoms with Crippen LogP contribution >= 0.6 is 0 Å². The smallest absolute Gasteiger partial charge is 0.236 e. The lowest BCUT2D eigenvalue weighted by molar-refractivity contribution is -0.132. The maximum atomic E-state index is 12.8. The molecule has 1 aromatic rings. The van der Waals surface area contributed by atoms with E-state index in [2.05, 4.69) is 28.7 Å². The summed E-state index contributed by atoms with van der Waals surface area (Å²) in [5, 5.41) is 17.7. The third kappa shape index (κ3) is 4.31. The standard InChI is InChI=1S/C20H28N6O/c1-24-17-8-3-2-7-16(17)23-20(24)18-9-4-12-26(18)15-19(27)25(13-5-10-21)14-6-11-22/h18H,2-9,12-15H2,1H3. The highest BCUT2D eigenvalue weighted by Crippen LogP contribution is 2.33. The Morgan fingerprint density at radius 1 is 1.19 bits per heavy atom. The average Bonchev–Trinajstić information content (AvgIpc) is 3.26. The Balaban J connectivity index is 1.71. The van der Waals surface area contributed by atoms with Crippen molar-refractivity contribution in [1.29, 1.82) is 10.5 Å². The molecule has 0 bridgehead atoms. The fraction of sp³-hybridized carbons (Fsp3) is 0.700. The molecule has 27 heavy (non-hydrogen) atoms. The highest BCUT2D eigenvalue weighted by atomic mass is 16.2. The summed E-state index contributed by atoms with van der Waals surface area (Å²) in [4.78, 5) is 21.6. The van der Waals surface area contributed by atoms with Crippen LogP contribution in [0.25, 0.3) is 0 Å². The summed E-state index contributed by atoms with van der Waals surface area (Å²) in [5.41, 5.74) is 2.60. The Bertz CT molecular complexity index is 738. The summed E-state index contributed by atoms with van der Waals surface area (Å²) < 4.78 is 2.26. The second-order valence-corrected chi connectivity index (χ2v) is 7.46. The first-order valence-corrected chi connectivity index (χ1v) is 9.95. The van der Waals surface area contributed by atoms with Crippen molar-refractivity contribution in [3.63, 3.8) is 0 Å². The topological polar surface area (TPSA) is 89.0 Å². The number of aromatic nitrogens is 2. The number of aryl methyl sites for hydroxylation is 1. The zero-order chi connectivity index (χ0) is 19.2. The van der Waals surface area contributed by atoms with Crippen LogP contribution in [-0.2, 0) is 24.7 Å². The van der Waals surface area contributed by atoms with Crippen molar-refractivity contribution in [3.8, 4) is 12.1 Å². The fourth-order valence-electron chi connectivity index (χ4n) is 4.32. The summed E-state index contributed by atoms with van der Waals surface area (Å²) in [7, 11) is 2.11. The molecule has 2 aliphatic rings. The zero-order valence-corrected chi connectivity index (χ0v) is 16.2. The molecular weight excluding hydrogens is 340 g/mol. The van der Waals surface area contributed by atoms with Crippen LogP contribution in [0.1, 0.15) is 61.8 Å². The van der Waals surface area contributed by atoms with Crippen LogP contribution in [-0.4, -0.2) is 51.4 Å². The molecular formula is C20H28N6O. The van der Waals surface area contributed by atoms with Crippen LogP contribution in [0.4, 0.5) is 0 Å². The van der Waals surface area contributed by atoms with Crippen molar-refractivity contribution >= 4 is 5.91 Å². The Hall–Kier alpha value is -2.38. The van der Waals surface area contributed by atoms with Gasteiger partial charge in [-0.05, 0) is 45.1 Å². The minimum Gasteiger partial charge on any atom is -0.340 e. The van der Waals surface area contributed by atoms with Gasteiger partial charge in [-0.15, -0.1) is 0 Å². The molecule has 144 valence electrons. The number of fused-ring (bicyclic) bond motifs is 1. The summed E-state index contributed by atoms with van der Waals surface area (Å²) in [6.45, 7) is 2.01. The largest absolute Gasteiger partial charge is 0.340 e. The van der Waals surface area contributed by atoms with Crippen molar-refractivity contribution in [2.24, 2.45) is 7.05 Å². The van der Waals surface area contributed by atoms with E-state index >= 15 is 0 Å². The number of carbonyl (C=O) groups is 1. The van der Waals surface area contributed by atoms with Gasteiger partial charge in [0.05, 0.1) is 43.3 Å². The molecule has 0 saturated carbocycles. The van der Waals surface area contributed by atoms with Gasteiger partial charge < -0.3 is 9.47 Å². The van der Waals surface area contributed by atoms with E-state index in [4.69, 9.17) is 15.5 Å². The van der Waals surface area contributed by atoms with Crippen LogP contribution in [0, 0.1) is 22.7 Å². The number of hydrogen-bond acceptors (Lipinski definition) is 5. The molecule has 1 aliphatic heterocycles. The van der Waals surface area contributed by atoms with Crippen molar-refractivity contribution < 1.29 is 4.79 Å². The zero-order valence-electron chi connectivity index (χ0n) is 16.2. The van der Waals surface area contributed by atoms with Crippen LogP contribution in [0.5, 0.6) is 0 Å². The number of amides is 1. The molecule has 1 amide bonds. The first kappa shape index (κ1) is 19.4. The molecule has 1 aliphatic carbocycles. The van der Waals surface area contributed by atoms with Crippen molar-refractivity contribution in [1.82, 2.24) is 19.4 Å². The van der Waals surface area contributed by atoms with E-state index in [0.717, 1.165) is 38.1 Å². The van der Waals surface area contributed by atoms with Crippen molar-refractivity contribution in [3.05, 3.63) is 17.2 Å².